The molecule has 192 valence electrons. The smallest absolute Gasteiger partial charge is 0.253 e. The van der Waals surface area contributed by atoms with Crippen molar-refractivity contribution in [3.05, 3.63) is 54.1 Å². The molecule has 1 atom stereocenters. The third-order valence-electron chi connectivity index (χ3n) is 6.43. The van der Waals surface area contributed by atoms with E-state index in [1.165, 1.54) is 0 Å². The van der Waals surface area contributed by atoms with E-state index in [1.54, 1.807) is 29.2 Å². The summed E-state index contributed by atoms with van der Waals surface area (Å²) in [5.41, 5.74) is 1.58. The molecule has 0 bridgehead atoms. The lowest BCUT2D eigenvalue weighted by Crippen LogP contribution is -2.38. The highest BCUT2D eigenvalue weighted by molar-refractivity contribution is 6.07. The molecule has 9 heteroatoms. The standard InChI is InChI=1S/C27H34N4O5/c1-2-36-22-10-8-21(9-11-22)31-19-20(18-25(31)32)26(33)29-24-7-4-3-6-23(24)27(34)28-12-5-13-30-14-16-35-17-15-30/h3-4,6-11,20H,2,5,12-19H2,1H3,(H,28,34)(H,29,33)/t20-/m0/s1. The molecule has 2 aromatic rings. The van der Waals surface area contributed by atoms with Crippen molar-refractivity contribution in [3.8, 4) is 5.75 Å². The van der Waals surface area contributed by atoms with Crippen molar-refractivity contribution in [1.29, 1.82) is 0 Å². The lowest BCUT2D eigenvalue weighted by molar-refractivity contribution is -0.122. The number of morpholine rings is 1. The molecule has 2 aliphatic rings. The predicted molar refractivity (Wildman–Crippen MR) is 137 cm³/mol. The van der Waals surface area contributed by atoms with Crippen LogP contribution >= 0.6 is 0 Å². The van der Waals surface area contributed by atoms with E-state index >= 15 is 0 Å². The third kappa shape index (κ3) is 6.61. The fourth-order valence-electron chi connectivity index (χ4n) is 4.47. The van der Waals surface area contributed by atoms with Crippen LogP contribution in [-0.2, 0) is 14.3 Å². The summed E-state index contributed by atoms with van der Waals surface area (Å²) in [5.74, 6) is -0.381. The Kier molecular flexibility index (Phi) is 8.91. The zero-order valence-electron chi connectivity index (χ0n) is 20.7. The first-order chi connectivity index (χ1) is 17.5. The second kappa shape index (κ2) is 12.5. The summed E-state index contributed by atoms with van der Waals surface area (Å²) in [4.78, 5) is 42.4. The molecule has 2 saturated heterocycles. The Morgan fingerprint density at radius 2 is 1.83 bits per heavy atom. The number of benzene rings is 2. The normalized spacial score (nSPS) is 18.2. The summed E-state index contributed by atoms with van der Waals surface area (Å²) in [6.07, 6.45) is 0.959. The van der Waals surface area contributed by atoms with Crippen LogP contribution in [0.4, 0.5) is 11.4 Å². The van der Waals surface area contributed by atoms with Crippen LogP contribution in [0.25, 0.3) is 0 Å². The van der Waals surface area contributed by atoms with Crippen LogP contribution in [0.5, 0.6) is 5.75 Å². The third-order valence-corrected chi connectivity index (χ3v) is 6.43. The van der Waals surface area contributed by atoms with E-state index in [0.29, 0.717) is 24.4 Å². The van der Waals surface area contributed by atoms with Gasteiger partial charge in [-0.15, -0.1) is 0 Å². The molecule has 2 N–H and O–H groups in total. The number of rotatable bonds is 10. The lowest BCUT2D eigenvalue weighted by atomic mass is 10.1. The SMILES string of the molecule is CCOc1ccc(N2C[C@@H](C(=O)Nc3ccccc3C(=O)NCCCN3CCOCC3)CC2=O)cc1. The molecule has 9 nitrogen and oxygen atoms in total. The van der Waals surface area contributed by atoms with Gasteiger partial charge >= 0.3 is 0 Å². The number of amides is 3. The maximum absolute atomic E-state index is 13.0. The average Bonchev–Trinajstić information content (AvgIpc) is 3.30. The monoisotopic (exact) mass is 494 g/mol. The van der Waals surface area contributed by atoms with E-state index in [-0.39, 0.29) is 30.7 Å². The van der Waals surface area contributed by atoms with Gasteiger partial charge in [0.2, 0.25) is 11.8 Å². The van der Waals surface area contributed by atoms with E-state index in [4.69, 9.17) is 9.47 Å². The molecule has 2 aliphatic heterocycles. The minimum atomic E-state index is -0.506. The number of anilines is 2. The van der Waals surface area contributed by atoms with Crippen molar-refractivity contribution in [3.63, 3.8) is 0 Å². The predicted octanol–water partition coefficient (Wildman–Crippen LogP) is 2.53. The van der Waals surface area contributed by atoms with Crippen LogP contribution in [0.2, 0.25) is 0 Å². The second-order valence-corrected chi connectivity index (χ2v) is 8.93. The minimum absolute atomic E-state index is 0.106. The molecule has 2 aromatic carbocycles. The van der Waals surface area contributed by atoms with Gasteiger partial charge < -0.3 is 25.0 Å². The molecule has 2 heterocycles. The minimum Gasteiger partial charge on any atom is -0.494 e. The molecule has 0 aromatic heterocycles. The summed E-state index contributed by atoms with van der Waals surface area (Å²) in [5, 5.41) is 5.82. The van der Waals surface area contributed by atoms with E-state index in [9.17, 15) is 14.4 Å². The highest BCUT2D eigenvalue weighted by Crippen LogP contribution is 2.28. The number of carbonyl (C=O) groups excluding carboxylic acids is 3. The molecule has 0 unspecified atom stereocenters. The van der Waals surface area contributed by atoms with Crippen molar-refractivity contribution in [2.45, 2.75) is 19.8 Å². The first-order valence-electron chi connectivity index (χ1n) is 12.6. The summed E-state index contributed by atoms with van der Waals surface area (Å²) in [6.45, 7) is 7.57. The zero-order chi connectivity index (χ0) is 25.3. The van der Waals surface area contributed by atoms with E-state index in [1.807, 2.05) is 31.2 Å². The van der Waals surface area contributed by atoms with Crippen molar-refractivity contribution in [1.82, 2.24) is 10.2 Å². The fourth-order valence-corrected chi connectivity index (χ4v) is 4.47. The number of nitrogens with one attached hydrogen (secondary N) is 2. The van der Waals surface area contributed by atoms with Gasteiger partial charge in [0.05, 0.1) is 37.0 Å². The van der Waals surface area contributed by atoms with E-state index < -0.39 is 5.92 Å². The maximum Gasteiger partial charge on any atom is 0.253 e. The number of carbonyl (C=O) groups is 3. The van der Waals surface area contributed by atoms with Crippen LogP contribution in [0.15, 0.2) is 48.5 Å². The Morgan fingerprint density at radius 3 is 2.58 bits per heavy atom. The van der Waals surface area contributed by atoms with E-state index in [0.717, 1.165) is 50.7 Å². The Hall–Kier alpha value is -3.43. The molecule has 4 rings (SSSR count). The highest BCUT2D eigenvalue weighted by Gasteiger charge is 2.35. The van der Waals surface area contributed by atoms with Gasteiger partial charge in [0.1, 0.15) is 5.75 Å². The first-order valence-corrected chi connectivity index (χ1v) is 12.6. The fraction of sp³-hybridized carbons (Fsp3) is 0.444. The molecule has 0 aliphatic carbocycles. The van der Waals surface area contributed by atoms with Crippen molar-refractivity contribution in [2.75, 3.05) is 62.8 Å². The van der Waals surface area contributed by atoms with Crippen molar-refractivity contribution in [2.24, 2.45) is 5.92 Å². The van der Waals surface area contributed by atoms with Gasteiger partial charge in [0.15, 0.2) is 0 Å². The number of hydrogen-bond donors (Lipinski definition) is 2. The van der Waals surface area contributed by atoms with Gasteiger partial charge in [-0.25, -0.2) is 0 Å². The molecule has 36 heavy (non-hydrogen) atoms. The molecular weight excluding hydrogens is 460 g/mol. The maximum atomic E-state index is 13.0. The zero-order valence-corrected chi connectivity index (χ0v) is 20.7. The second-order valence-electron chi connectivity index (χ2n) is 8.93. The molecule has 0 saturated carbocycles. The molecule has 0 spiro atoms. The van der Waals surface area contributed by atoms with Crippen molar-refractivity contribution < 1.29 is 23.9 Å². The average molecular weight is 495 g/mol. The molecular formula is C27H34N4O5. The number of para-hydroxylation sites is 1. The summed E-state index contributed by atoms with van der Waals surface area (Å²) >= 11 is 0. The molecule has 0 radical (unpaired) electrons. The quantitative estimate of drug-likeness (QED) is 0.493. The van der Waals surface area contributed by atoms with Gasteiger partial charge in [-0.1, -0.05) is 12.1 Å². The highest BCUT2D eigenvalue weighted by atomic mass is 16.5. The summed E-state index contributed by atoms with van der Waals surface area (Å²) in [7, 11) is 0. The van der Waals surface area contributed by atoms with E-state index in [2.05, 4.69) is 15.5 Å². The van der Waals surface area contributed by atoms with Crippen LogP contribution in [0.3, 0.4) is 0 Å². The van der Waals surface area contributed by atoms with Crippen LogP contribution in [0, 0.1) is 5.92 Å². The number of nitrogens with zero attached hydrogens (tertiary/aromatic N) is 2. The number of ether oxygens (including phenoxy) is 2. The van der Waals surface area contributed by atoms with Gasteiger partial charge in [0, 0.05) is 38.3 Å². The first kappa shape index (κ1) is 25.7. The van der Waals surface area contributed by atoms with Gasteiger partial charge in [-0.2, -0.15) is 0 Å². The molecule has 2 fully saturated rings. The Morgan fingerprint density at radius 1 is 1.08 bits per heavy atom. The van der Waals surface area contributed by atoms with Crippen LogP contribution in [0.1, 0.15) is 30.1 Å². The van der Waals surface area contributed by atoms with Crippen LogP contribution < -0.4 is 20.3 Å². The Bertz CT molecular complexity index is 1050. The summed E-state index contributed by atoms with van der Waals surface area (Å²) in [6, 6.07) is 14.2. The lowest BCUT2D eigenvalue weighted by Gasteiger charge is -2.26. The topological polar surface area (TPSA) is 100 Å². The van der Waals surface area contributed by atoms with Gasteiger partial charge in [-0.3, -0.25) is 19.3 Å². The summed E-state index contributed by atoms with van der Waals surface area (Å²) < 4.78 is 10.8. The Labute approximate surface area is 211 Å². The molecule has 3 amide bonds. The van der Waals surface area contributed by atoms with Gasteiger partial charge in [0.25, 0.3) is 5.91 Å². The number of hydrogen-bond acceptors (Lipinski definition) is 6. The Balaban J connectivity index is 1.31. The largest absolute Gasteiger partial charge is 0.494 e. The van der Waals surface area contributed by atoms with Crippen molar-refractivity contribution >= 4 is 29.1 Å². The van der Waals surface area contributed by atoms with Crippen LogP contribution in [-0.4, -0.2) is 75.2 Å². The van der Waals surface area contributed by atoms with Gasteiger partial charge in [-0.05, 0) is 56.3 Å².